The number of nitrogens with one attached hydrogen (secondary N) is 1. The molecule has 0 fully saturated rings. The number of hydrogen-bond donors (Lipinski definition) is 1. The summed E-state index contributed by atoms with van der Waals surface area (Å²) in [6.07, 6.45) is 0.450. The van der Waals surface area contributed by atoms with Gasteiger partial charge in [0, 0.05) is 35.4 Å². The molecule has 190 valence electrons. The van der Waals surface area contributed by atoms with Crippen LogP contribution in [0.25, 0.3) is 10.8 Å². The molecule has 0 aromatic heterocycles. The molecule has 0 unspecified atom stereocenters. The van der Waals surface area contributed by atoms with Gasteiger partial charge in [0.2, 0.25) is 11.8 Å². The average Bonchev–Trinajstić information content (AvgIpc) is 3.06. The number of amides is 2. The molecule has 1 heterocycles. The van der Waals surface area contributed by atoms with Gasteiger partial charge in [-0.25, -0.2) is 8.42 Å². The van der Waals surface area contributed by atoms with Crippen LogP contribution in [0.15, 0.2) is 70.0 Å². The maximum Gasteiger partial charge on any atom is 0.265 e. The molecule has 7 nitrogen and oxygen atoms in total. The van der Waals surface area contributed by atoms with Crippen molar-refractivity contribution in [1.82, 2.24) is 10.2 Å². The van der Waals surface area contributed by atoms with Gasteiger partial charge in [0.05, 0.1) is 10.6 Å². The molecule has 1 aliphatic rings. The Morgan fingerprint density at radius 3 is 2.33 bits per heavy atom. The minimum Gasteiger partial charge on any atom is -0.352 e. The van der Waals surface area contributed by atoms with Crippen LogP contribution < -0.4 is 9.62 Å². The van der Waals surface area contributed by atoms with E-state index in [0.29, 0.717) is 17.0 Å². The Balaban J connectivity index is 1.49. The van der Waals surface area contributed by atoms with E-state index >= 15 is 0 Å². The molecule has 1 N–H and O–H groups in total. The van der Waals surface area contributed by atoms with Crippen molar-refractivity contribution in [3.05, 3.63) is 70.7 Å². The molecule has 2 amide bonds. The summed E-state index contributed by atoms with van der Waals surface area (Å²) in [5.74, 6) is -0.420. The zero-order valence-electron chi connectivity index (χ0n) is 20.6. The standard InChI is InChI=1S/C27H30BrN3O4S/c1-18(2)29-27(33)19(3)30(17-20-12-14-22(28)15-13-20)25(32)11-6-16-31-23-9-4-7-21-8-5-10-24(26(21)23)36(31,34)35/h4-5,7-10,12-15,18-19H,6,11,16-17H2,1-3H3,(H,29,33)/t19-/m0/s1. The average molecular weight is 573 g/mol. The monoisotopic (exact) mass is 571 g/mol. The Hall–Kier alpha value is -2.91. The van der Waals surface area contributed by atoms with Crippen LogP contribution in [0, 0.1) is 0 Å². The van der Waals surface area contributed by atoms with Gasteiger partial charge in [-0.05, 0) is 62.4 Å². The smallest absolute Gasteiger partial charge is 0.265 e. The van der Waals surface area contributed by atoms with E-state index in [4.69, 9.17) is 0 Å². The minimum atomic E-state index is -3.67. The van der Waals surface area contributed by atoms with E-state index in [0.717, 1.165) is 20.8 Å². The second-order valence-corrected chi connectivity index (χ2v) is 12.0. The van der Waals surface area contributed by atoms with Gasteiger partial charge in [-0.2, -0.15) is 0 Å². The zero-order valence-corrected chi connectivity index (χ0v) is 23.0. The molecule has 0 bridgehead atoms. The number of halogens is 1. The Labute approximate surface area is 220 Å². The van der Waals surface area contributed by atoms with Gasteiger partial charge in [0.15, 0.2) is 0 Å². The van der Waals surface area contributed by atoms with Crippen molar-refractivity contribution in [1.29, 1.82) is 0 Å². The van der Waals surface area contributed by atoms with Crippen LogP contribution in [0.5, 0.6) is 0 Å². The SMILES string of the molecule is CC(C)NC(=O)[C@H](C)N(Cc1ccc(Br)cc1)C(=O)CCCN1c2cccc3cccc(c23)S1(=O)=O. The summed E-state index contributed by atoms with van der Waals surface area (Å²) in [6.45, 7) is 5.93. The molecule has 0 radical (unpaired) electrons. The first kappa shape index (κ1) is 26.2. The third kappa shape index (κ3) is 5.27. The summed E-state index contributed by atoms with van der Waals surface area (Å²) in [5.41, 5.74) is 1.55. The van der Waals surface area contributed by atoms with Gasteiger partial charge >= 0.3 is 0 Å². The molecule has 0 saturated carbocycles. The lowest BCUT2D eigenvalue weighted by Crippen LogP contribution is -2.49. The summed E-state index contributed by atoms with van der Waals surface area (Å²) in [5, 5.41) is 4.48. The number of sulfonamides is 1. The van der Waals surface area contributed by atoms with Gasteiger partial charge in [-0.15, -0.1) is 0 Å². The lowest BCUT2D eigenvalue weighted by molar-refractivity contribution is -0.140. The Morgan fingerprint density at radius 2 is 1.67 bits per heavy atom. The van der Waals surface area contributed by atoms with E-state index in [9.17, 15) is 18.0 Å². The van der Waals surface area contributed by atoms with Crippen LogP contribution in [0.1, 0.15) is 39.2 Å². The maximum atomic E-state index is 13.4. The van der Waals surface area contributed by atoms with Crippen LogP contribution in [-0.4, -0.2) is 43.8 Å². The molecule has 0 saturated heterocycles. The number of nitrogens with zero attached hydrogens (tertiary/aromatic N) is 2. The minimum absolute atomic E-state index is 0.0469. The molecule has 4 rings (SSSR count). The van der Waals surface area contributed by atoms with Crippen molar-refractivity contribution < 1.29 is 18.0 Å². The highest BCUT2D eigenvalue weighted by molar-refractivity contribution is 9.10. The highest BCUT2D eigenvalue weighted by Gasteiger charge is 2.35. The molecule has 1 atom stereocenters. The van der Waals surface area contributed by atoms with Gasteiger partial charge in [-0.3, -0.25) is 13.9 Å². The van der Waals surface area contributed by atoms with E-state index < -0.39 is 16.1 Å². The predicted octanol–water partition coefficient (Wildman–Crippen LogP) is 4.83. The molecular formula is C27H30BrN3O4S. The molecule has 0 spiro atoms. The molecule has 3 aromatic carbocycles. The van der Waals surface area contributed by atoms with E-state index in [1.54, 1.807) is 30.0 Å². The summed E-state index contributed by atoms with van der Waals surface area (Å²) < 4.78 is 28.8. The van der Waals surface area contributed by atoms with E-state index in [2.05, 4.69) is 21.2 Å². The van der Waals surface area contributed by atoms with Crippen molar-refractivity contribution in [2.24, 2.45) is 0 Å². The van der Waals surface area contributed by atoms with Crippen molar-refractivity contribution in [3.63, 3.8) is 0 Å². The van der Waals surface area contributed by atoms with Gasteiger partial charge < -0.3 is 10.2 Å². The fourth-order valence-electron chi connectivity index (χ4n) is 4.49. The second-order valence-electron chi connectivity index (χ2n) is 9.30. The number of anilines is 1. The first-order valence-corrected chi connectivity index (χ1v) is 14.2. The van der Waals surface area contributed by atoms with E-state index in [1.165, 1.54) is 4.31 Å². The second kappa shape index (κ2) is 10.6. The number of hydrogen-bond acceptors (Lipinski definition) is 4. The Bertz CT molecular complexity index is 1380. The number of carbonyl (C=O) groups is 2. The molecular weight excluding hydrogens is 542 g/mol. The number of rotatable bonds is 9. The Morgan fingerprint density at radius 1 is 1.00 bits per heavy atom. The fraction of sp³-hybridized carbons (Fsp3) is 0.333. The van der Waals surface area contributed by atoms with Crippen LogP contribution in [0.4, 0.5) is 5.69 Å². The lowest BCUT2D eigenvalue weighted by Gasteiger charge is -2.30. The van der Waals surface area contributed by atoms with Crippen molar-refractivity contribution in [2.45, 2.75) is 57.1 Å². The highest BCUT2D eigenvalue weighted by Crippen LogP contribution is 2.42. The van der Waals surface area contributed by atoms with Crippen LogP contribution in [0.3, 0.4) is 0 Å². The molecule has 9 heteroatoms. The van der Waals surface area contributed by atoms with Crippen LogP contribution >= 0.6 is 15.9 Å². The highest BCUT2D eigenvalue weighted by atomic mass is 79.9. The van der Waals surface area contributed by atoms with Crippen molar-refractivity contribution >= 4 is 54.2 Å². The largest absolute Gasteiger partial charge is 0.352 e. The molecule has 3 aromatic rings. The summed E-state index contributed by atoms with van der Waals surface area (Å²) in [7, 11) is -3.67. The first-order valence-electron chi connectivity index (χ1n) is 12.0. The predicted molar refractivity (Wildman–Crippen MR) is 145 cm³/mol. The van der Waals surface area contributed by atoms with Crippen molar-refractivity contribution in [2.75, 3.05) is 10.8 Å². The van der Waals surface area contributed by atoms with E-state index in [-0.39, 0.29) is 37.4 Å². The zero-order chi connectivity index (χ0) is 26.0. The molecule has 36 heavy (non-hydrogen) atoms. The quantitative estimate of drug-likeness (QED) is 0.398. The normalized spacial score (nSPS) is 14.8. The number of benzene rings is 3. The van der Waals surface area contributed by atoms with Gasteiger partial charge in [0.25, 0.3) is 10.0 Å². The first-order chi connectivity index (χ1) is 17.1. The van der Waals surface area contributed by atoms with Crippen molar-refractivity contribution in [3.8, 4) is 0 Å². The van der Waals surface area contributed by atoms with Gasteiger partial charge in [-0.1, -0.05) is 52.3 Å². The van der Waals surface area contributed by atoms with Crippen LogP contribution in [-0.2, 0) is 26.2 Å². The summed E-state index contributed by atoms with van der Waals surface area (Å²) in [6, 6.07) is 17.7. The fourth-order valence-corrected chi connectivity index (χ4v) is 6.50. The third-order valence-electron chi connectivity index (χ3n) is 6.30. The molecule has 0 aliphatic carbocycles. The van der Waals surface area contributed by atoms with E-state index in [1.807, 2.05) is 56.3 Å². The topological polar surface area (TPSA) is 86.8 Å². The maximum absolute atomic E-state index is 13.4. The Kier molecular flexibility index (Phi) is 7.70. The van der Waals surface area contributed by atoms with Crippen LogP contribution in [0.2, 0.25) is 0 Å². The van der Waals surface area contributed by atoms with Gasteiger partial charge in [0.1, 0.15) is 6.04 Å². The summed E-state index contributed by atoms with van der Waals surface area (Å²) >= 11 is 3.42. The molecule has 1 aliphatic heterocycles. The third-order valence-corrected chi connectivity index (χ3v) is 8.68. The lowest BCUT2D eigenvalue weighted by atomic mass is 10.1. The summed E-state index contributed by atoms with van der Waals surface area (Å²) in [4.78, 5) is 28.0. The number of carbonyl (C=O) groups excluding carboxylic acids is 2.